The van der Waals surface area contributed by atoms with Crippen molar-refractivity contribution in [3.63, 3.8) is 0 Å². The van der Waals surface area contributed by atoms with Crippen LogP contribution in [0.25, 0.3) is 0 Å². The van der Waals surface area contributed by atoms with E-state index in [-0.39, 0.29) is 5.78 Å². The molecular weight excluding hydrogens is 152 g/mol. The molecule has 1 fully saturated rings. The first-order valence-electron chi connectivity index (χ1n) is 4.44. The molecular formula is C10H16O2. The van der Waals surface area contributed by atoms with Gasteiger partial charge < -0.3 is 4.74 Å². The molecule has 0 aromatic carbocycles. The smallest absolute Gasteiger partial charge is 0.164 e. The van der Waals surface area contributed by atoms with Crippen LogP contribution in [0.5, 0.6) is 0 Å². The third-order valence-corrected chi connectivity index (χ3v) is 2.61. The number of carbonyl (C=O) groups excluding carboxylic acids is 1. The lowest BCUT2D eigenvalue weighted by Crippen LogP contribution is -2.42. The number of methoxy groups -OCH3 is 1. The van der Waals surface area contributed by atoms with E-state index >= 15 is 0 Å². The minimum absolute atomic E-state index is 0.246. The van der Waals surface area contributed by atoms with Crippen molar-refractivity contribution in [2.24, 2.45) is 0 Å². The van der Waals surface area contributed by atoms with Gasteiger partial charge in [-0.15, -0.1) is 6.58 Å². The highest BCUT2D eigenvalue weighted by atomic mass is 16.5. The Morgan fingerprint density at radius 1 is 1.67 bits per heavy atom. The van der Waals surface area contributed by atoms with Crippen molar-refractivity contribution >= 4 is 5.78 Å². The average molecular weight is 168 g/mol. The van der Waals surface area contributed by atoms with Crippen LogP contribution in [0, 0.1) is 0 Å². The van der Waals surface area contributed by atoms with Gasteiger partial charge in [0.05, 0.1) is 0 Å². The highest BCUT2D eigenvalue weighted by Gasteiger charge is 2.38. The van der Waals surface area contributed by atoms with Crippen LogP contribution in [0.2, 0.25) is 0 Å². The van der Waals surface area contributed by atoms with E-state index < -0.39 is 5.60 Å². The zero-order valence-corrected chi connectivity index (χ0v) is 7.64. The van der Waals surface area contributed by atoms with E-state index in [1.165, 1.54) is 0 Å². The maximum Gasteiger partial charge on any atom is 0.164 e. The molecule has 1 aliphatic carbocycles. The molecule has 2 heteroatoms. The van der Waals surface area contributed by atoms with Gasteiger partial charge in [-0.05, 0) is 19.3 Å². The summed E-state index contributed by atoms with van der Waals surface area (Å²) in [4.78, 5) is 11.6. The lowest BCUT2D eigenvalue weighted by atomic mass is 9.81. The molecule has 0 spiro atoms. The predicted molar refractivity (Wildman–Crippen MR) is 48.0 cm³/mol. The SMILES string of the molecule is C=CCC1(OC)CCCCC1=O. The van der Waals surface area contributed by atoms with Gasteiger partial charge in [0.2, 0.25) is 0 Å². The number of rotatable bonds is 3. The number of hydrogen-bond donors (Lipinski definition) is 0. The highest BCUT2D eigenvalue weighted by Crippen LogP contribution is 2.31. The third-order valence-electron chi connectivity index (χ3n) is 2.61. The predicted octanol–water partition coefficient (Wildman–Crippen LogP) is 2.09. The van der Waals surface area contributed by atoms with Gasteiger partial charge in [-0.25, -0.2) is 0 Å². The topological polar surface area (TPSA) is 26.3 Å². The minimum atomic E-state index is -0.528. The van der Waals surface area contributed by atoms with Gasteiger partial charge in [-0.2, -0.15) is 0 Å². The zero-order valence-electron chi connectivity index (χ0n) is 7.64. The standard InChI is InChI=1S/C10H16O2/c1-3-7-10(12-2)8-5-4-6-9(10)11/h3H,1,4-8H2,2H3. The van der Waals surface area contributed by atoms with Crippen LogP contribution >= 0.6 is 0 Å². The van der Waals surface area contributed by atoms with Gasteiger partial charge in [0.25, 0.3) is 0 Å². The molecule has 0 aromatic rings. The molecule has 1 rings (SSSR count). The maximum absolute atomic E-state index is 11.6. The average Bonchev–Trinajstić information content (AvgIpc) is 2.10. The summed E-state index contributed by atoms with van der Waals surface area (Å²) in [6.07, 6.45) is 6.06. The fourth-order valence-electron chi connectivity index (χ4n) is 1.81. The van der Waals surface area contributed by atoms with E-state index in [9.17, 15) is 4.79 Å². The zero-order chi connectivity index (χ0) is 9.03. The van der Waals surface area contributed by atoms with Crippen LogP contribution < -0.4 is 0 Å². The van der Waals surface area contributed by atoms with Gasteiger partial charge in [0.15, 0.2) is 5.78 Å². The molecule has 1 atom stereocenters. The Bertz CT molecular complexity index is 186. The molecule has 68 valence electrons. The number of Topliss-reactive ketones (excluding diaryl/α,β-unsaturated/α-hetero) is 1. The number of hydrogen-bond acceptors (Lipinski definition) is 2. The fraction of sp³-hybridized carbons (Fsp3) is 0.700. The molecule has 0 bridgehead atoms. The molecule has 0 aliphatic heterocycles. The van der Waals surface area contributed by atoms with Gasteiger partial charge in [0, 0.05) is 20.0 Å². The summed E-state index contributed by atoms with van der Waals surface area (Å²) in [6.45, 7) is 3.65. The van der Waals surface area contributed by atoms with Crippen molar-refractivity contribution in [2.45, 2.75) is 37.7 Å². The van der Waals surface area contributed by atoms with Gasteiger partial charge >= 0.3 is 0 Å². The molecule has 0 heterocycles. The van der Waals surface area contributed by atoms with Crippen LogP contribution in [0.15, 0.2) is 12.7 Å². The van der Waals surface area contributed by atoms with E-state index in [0.29, 0.717) is 12.8 Å². The second-order valence-electron chi connectivity index (χ2n) is 3.32. The van der Waals surface area contributed by atoms with Gasteiger partial charge in [-0.3, -0.25) is 4.79 Å². The van der Waals surface area contributed by atoms with Crippen LogP contribution in [0.4, 0.5) is 0 Å². The molecule has 1 saturated carbocycles. The minimum Gasteiger partial charge on any atom is -0.370 e. The normalized spacial score (nSPS) is 30.2. The van der Waals surface area contributed by atoms with E-state index in [2.05, 4.69) is 6.58 Å². The van der Waals surface area contributed by atoms with Crippen LogP contribution in [0.1, 0.15) is 32.1 Å². The largest absolute Gasteiger partial charge is 0.370 e. The van der Waals surface area contributed by atoms with E-state index in [1.54, 1.807) is 13.2 Å². The Hall–Kier alpha value is -0.630. The Kier molecular flexibility index (Phi) is 3.04. The summed E-state index contributed by atoms with van der Waals surface area (Å²) in [6, 6.07) is 0. The fourth-order valence-corrected chi connectivity index (χ4v) is 1.81. The molecule has 0 radical (unpaired) electrons. The lowest BCUT2D eigenvalue weighted by Gasteiger charge is -2.33. The van der Waals surface area contributed by atoms with Gasteiger partial charge in [-0.1, -0.05) is 6.08 Å². The third kappa shape index (κ3) is 1.58. The number of carbonyl (C=O) groups is 1. The summed E-state index contributed by atoms with van der Waals surface area (Å²) in [5.41, 5.74) is -0.528. The molecule has 0 N–H and O–H groups in total. The van der Waals surface area contributed by atoms with E-state index in [1.807, 2.05) is 0 Å². The van der Waals surface area contributed by atoms with Crippen molar-refractivity contribution in [3.8, 4) is 0 Å². The first-order valence-corrected chi connectivity index (χ1v) is 4.44. The Morgan fingerprint density at radius 3 is 2.92 bits per heavy atom. The van der Waals surface area contributed by atoms with Crippen molar-refractivity contribution in [2.75, 3.05) is 7.11 Å². The first kappa shape index (κ1) is 9.46. The van der Waals surface area contributed by atoms with Crippen LogP contribution in [-0.2, 0) is 9.53 Å². The Morgan fingerprint density at radius 2 is 2.42 bits per heavy atom. The molecule has 0 amide bonds. The quantitative estimate of drug-likeness (QED) is 0.603. The monoisotopic (exact) mass is 168 g/mol. The maximum atomic E-state index is 11.6. The van der Waals surface area contributed by atoms with Crippen molar-refractivity contribution in [3.05, 3.63) is 12.7 Å². The second-order valence-corrected chi connectivity index (χ2v) is 3.32. The summed E-state index contributed by atoms with van der Waals surface area (Å²) in [5, 5.41) is 0. The summed E-state index contributed by atoms with van der Waals surface area (Å²) < 4.78 is 5.31. The van der Waals surface area contributed by atoms with Crippen LogP contribution in [0.3, 0.4) is 0 Å². The Balaban J connectivity index is 2.73. The molecule has 12 heavy (non-hydrogen) atoms. The lowest BCUT2D eigenvalue weighted by molar-refractivity contribution is -0.144. The highest BCUT2D eigenvalue weighted by molar-refractivity contribution is 5.88. The van der Waals surface area contributed by atoms with Crippen LogP contribution in [-0.4, -0.2) is 18.5 Å². The van der Waals surface area contributed by atoms with Crippen molar-refractivity contribution < 1.29 is 9.53 Å². The van der Waals surface area contributed by atoms with E-state index in [4.69, 9.17) is 4.74 Å². The summed E-state index contributed by atoms with van der Waals surface area (Å²) in [7, 11) is 1.62. The number of ether oxygens (including phenoxy) is 1. The Labute approximate surface area is 73.6 Å². The van der Waals surface area contributed by atoms with Crippen molar-refractivity contribution in [1.82, 2.24) is 0 Å². The molecule has 1 aliphatic rings. The summed E-state index contributed by atoms with van der Waals surface area (Å²) in [5.74, 6) is 0.246. The summed E-state index contributed by atoms with van der Waals surface area (Å²) >= 11 is 0. The molecule has 0 saturated heterocycles. The van der Waals surface area contributed by atoms with Gasteiger partial charge in [0.1, 0.15) is 5.60 Å². The van der Waals surface area contributed by atoms with Crippen molar-refractivity contribution in [1.29, 1.82) is 0 Å². The first-order chi connectivity index (χ1) is 5.75. The molecule has 1 unspecified atom stereocenters. The molecule has 2 nitrogen and oxygen atoms in total. The number of ketones is 1. The molecule has 0 aromatic heterocycles. The second kappa shape index (κ2) is 3.85. The van der Waals surface area contributed by atoms with E-state index in [0.717, 1.165) is 19.3 Å².